The molecule has 1 aromatic rings. The zero-order valence-corrected chi connectivity index (χ0v) is 11.1. The fourth-order valence-corrected chi connectivity index (χ4v) is 3.31. The summed E-state index contributed by atoms with van der Waals surface area (Å²) in [5, 5.41) is 0.243. The van der Waals surface area contributed by atoms with Gasteiger partial charge in [-0.2, -0.15) is 8.42 Å². The van der Waals surface area contributed by atoms with Gasteiger partial charge in [0.05, 0.1) is 6.54 Å². The van der Waals surface area contributed by atoms with Gasteiger partial charge in [0.2, 0.25) is 0 Å². The summed E-state index contributed by atoms with van der Waals surface area (Å²) < 4.78 is 28.8. The van der Waals surface area contributed by atoms with Crippen LogP contribution < -0.4 is 0 Å². The lowest BCUT2D eigenvalue weighted by Gasteiger charge is -2.06. The Kier molecular flexibility index (Phi) is 3.73. The summed E-state index contributed by atoms with van der Waals surface area (Å²) in [4.78, 5) is 4.15. The lowest BCUT2D eigenvalue weighted by Crippen LogP contribution is -2.10. The van der Waals surface area contributed by atoms with Crippen molar-refractivity contribution in [3.63, 3.8) is 0 Å². The third kappa shape index (κ3) is 3.01. The van der Waals surface area contributed by atoms with E-state index in [1.165, 1.54) is 17.8 Å². The summed E-state index contributed by atoms with van der Waals surface area (Å²) in [5.74, 6) is 0.778. The van der Waals surface area contributed by atoms with Gasteiger partial charge in [-0.05, 0) is 24.1 Å². The molecule has 0 spiro atoms. The van der Waals surface area contributed by atoms with Crippen LogP contribution in [0.15, 0.2) is 34.2 Å². The van der Waals surface area contributed by atoms with Crippen LogP contribution in [0.3, 0.4) is 0 Å². The van der Waals surface area contributed by atoms with E-state index in [2.05, 4.69) is 4.99 Å². The third-order valence-corrected chi connectivity index (χ3v) is 4.49. The zero-order valence-electron chi connectivity index (χ0n) is 9.42. The van der Waals surface area contributed by atoms with Gasteiger partial charge in [-0.25, -0.2) is 4.99 Å². The number of hydrogen-bond donors (Lipinski definition) is 0. The van der Waals surface area contributed by atoms with Gasteiger partial charge in [0.1, 0.15) is 4.90 Å². The highest BCUT2D eigenvalue weighted by molar-refractivity contribution is 8.14. The minimum atomic E-state index is -3.73. The van der Waals surface area contributed by atoms with Gasteiger partial charge in [-0.3, -0.25) is 0 Å². The summed E-state index contributed by atoms with van der Waals surface area (Å²) in [6, 6.07) is 6.78. The predicted molar refractivity (Wildman–Crippen MR) is 68.9 cm³/mol. The molecule has 1 aliphatic heterocycles. The second-order valence-electron chi connectivity index (χ2n) is 3.53. The van der Waals surface area contributed by atoms with Crippen LogP contribution in [0.25, 0.3) is 0 Å². The molecule has 0 aromatic heterocycles. The summed E-state index contributed by atoms with van der Waals surface area (Å²) >= 11 is 1.32. The molecule has 1 aromatic carbocycles. The molecule has 0 fully saturated rings. The molecule has 4 nitrogen and oxygen atoms in total. The third-order valence-electron chi connectivity index (χ3n) is 2.33. The Hall–Kier alpha value is -1.01. The lowest BCUT2D eigenvalue weighted by molar-refractivity contribution is 0.488. The van der Waals surface area contributed by atoms with Crippen molar-refractivity contribution in [2.24, 2.45) is 4.99 Å². The molecule has 0 atom stereocenters. The van der Waals surface area contributed by atoms with Gasteiger partial charge in [0.25, 0.3) is 5.23 Å². The molecule has 0 saturated carbocycles. The lowest BCUT2D eigenvalue weighted by atomic mass is 10.2. The van der Waals surface area contributed by atoms with Crippen LogP contribution in [-0.4, -0.2) is 25.9 Å². The van der Waals surface area contributed by atoms with Gasteiger partial charge in [0.15, 0.2) is 0 Å². The second-order valence-corrected chi connectivity index (χ2v) is 6.13. The molecule has 92 valence electrons. The van der Waals surface area contributed by atoms with E-state index in [1.807, 2.05) is 13.0 Å². The molecule has 1 heterocycles. The van der Waals surface area contributed by atoms with Crippen LogP contribution in [0.4, 0.5) is 0 Å². The summed E-state index contributed by atoms with van der Waals surface area (Å²) in [6.07, 6.45) is 0.791. The van der Waals surface area contributed by atoms with Crippen molar-refractivity contribution < 1.29 is 12.6 Å². The van der Waals surface area contributed by atoms with Crippen molar-refractivity contribution in [2.45, 2.75) is 18.2 Å². The molecule has 0 N–H and O–H groups in total. The van der Waals surface area contributed by atoms with E-state index in [0.29, 0.717) is 6.54 Å². The molecule has 0 radical (unpaired) electrons. The minimum Gasteiger partial charge on any atom is -0.352 e. The topological polar surface area (TPSA) is 55.7 Å². The largest absolute Gasteiger partial charge is 0.352 e. The van der Waals surface area contributed by atoms with Crippen molar-refractivity contribution in [1.29, 1.82) is 0 Å². The van der Waals surface area contributed by atoms with E-state index in [1.54, 1.807) is 12.1 Å². The number of aliphatic imine (C=N–C) groups is 1. The number of thioether (sulfide) groups is 1. The molecule has 17 heavy (non-hydrogen) atoms. The maximum Gasteiger partial charge on any atom is 0.341 e. The van der Waals surface area contributed by atoms with Crippen LogP contribution in [0.5, 0.6) is 0 Å². The SMILES string of the molecule is CCc1cccc(S(=O)(=O)OC2=NCCS2)c1. The predicted octanol–water partition coefficient (Wildman–Crippen LogP) is 2.06. The van der Waals surface area contributed by atoms with Crippen molar-refractivity contribution in [3.05, 3.63) is 29.8 Å². The van der Waals surface area contributed by atoms with Gasteiger partial charge in [-0.1, -0.05) is 30.8 Å². The summed E-state index contributed by atoms with van der Waals surface area (Å²) in [7, 11) is -3.73. The molecule has 0 aliphatic carbocycles. The van der Waals surface area contributed by atoms with E-state index in [0.717, 1.165) is 17.7 Å². The van der Waals surface area contributed by atoms with E-state index in [-0.39, 0.29) is 10.1 Å². The first kappa shape index (κ1) is 12.4. The Labute approximate surface area is 105 Å². The average molecular weight is 271 g/mol. The number of aryl methyl sites for hydroxylation is 1. The zero-order chi connectivity index (χ0) is 12.3. The first-order valence-corrected chi connectivity index (χ1v) is 7.72. The van der Waals surface area contributed by atoms with Gasteiger partial charge < -0.3 is 4.18 Å². The van der Waals surface area contributed by atoms with Crippen LogP contribution in [0.2, 0.25) is 0 Å². The maximum atomic E-state index is 11.9. The number of hydrogen-bond acceptors (Lipinski definition) is 5. The molecular weight excluding hydrogens is 258 g/mol. The Morgan fingerprint density at radius 1 is 1.47 bits per heavy atom. The highest BCUT2D eigenvalue weighted by atomic mass is 32.2. The first-order chi connectivity index (χ1) is 8.12. The van der Waals surface area contributed by atoms with Crippen LogP contribution in [0, 0.1) is 0 Å². The summed E-state index contributed by atoms with van der Waals surface area (Å²) in [6.45, 7) is 2.59. The molecule has 6 heteroatoms. The molecule has 0 bridgehead atoms. The van der Waals surface area contributed by atoms with Crippen molar-refractivity contribution in [2.75, 3.05) is 12.3 Å². The fourth-order valence-electron chi connectivity index (χ4n) is 1.43. The van der Waals surface area contributed by atoms with E-state index in [4.69, 9.17) is 4.18 Å². The minimum absolute atomic E-state index is 0.187. The van der Waals surface area contributed by atoms with Crippen LogP contribution >= 0.6 is 11.8 Å². The fraction of sp³-hybridized carbons (Fsp3) is 0.364. The molecule has 0 saturated heterocycles. The normalized spacial score (nSPS) is 15.7. The van der Waals surface area contributed by atoms with Crippen molar-refractivity contribution in [3.8, 4) is 0 Å². The summed E-state index contributed by atoms with van der Waals surface area (Å²) in [5.41, 5.74) is 0.968. The number of rotatable bonds is 3. The molecule has 2 rings (SSSR count). The van der Waals surface area contributed by atoms with Crippen molar-refractivity contribution in [1.82, 2.24) is 0 Å². The Morgan fingerprint density at radius 2 is 2.29 bits per heavy atom. The van der Waals surface area contributed by atoms with Crippen molar-refractivity contribution >= 4 is 27.1 Å². The average Bonchev–Trinajstić information content (AvgIpc) is 2.81. The van der Waals surface area contributed by atoms with E-state index in [9.17, 15) is 8.42 Å². The van der Waals surface area contributed by atoms with Crippen LogP contribution in [-0.2, 0) is 20.7 Å². The van der Waals surface area contributed by atoms with Gasteiger partial charge in [0, 0.05) is 5.75 Å². The number of nitrogens with zero attached hydrogens (tertiary/aromatic N) is 1. The smallest absolute Gasteiger partial charge is 0.341 e. The monoisotopic (exact) mass is 271 g/mol. The number of benzene rings is 1. The molecule has 0 amide bonds. The Morgan fingerprint density at radius 3 is 2.94 bits per heavy atom. The highest BCUT2D eigenvalue weighted by Crippen LogP contribution is 2.20. The molecule has 1 aliphatic rings. The molecule has 0 unspecified atom stereocenters. The van der Waals surface area contributed by atoms with Gasteiger partial charge >= 0.3 is 10.1 Å². The van der Waals surface area contributed by atoms with Crippen LogP contribution in [0.1, 0.15) is 12.5 Å². The van der Waals surface area contributed by atoms with E-state index < -0.39 is 10.1 Å². The van der Waals surface area contributed by atoms with Gasteiger partial charge in [-0.15, -0.1) is 0 Å². The molecular formula is C11H13NO3S2. The maximum absolute atomic E-state index is 11.9. The highest BCUT2D eigenvalue weighted by Gasteiger charge is 2.21. The second kappa shape index (κ2) is 5.10. The van der Waals surface area contributed by atoms with E-state index >= 15 is 0 Å². The Bertz CT molecular complexity index is 537. The quantitative estimate of drug-likeness (QED) is 0.790. The Balaban J connectivity index is 2.24. The standard InChI is InChI=1S/C11H13NO3S2/c1-2-9-4-3-5-10(8-9)17(13,14)15-11-12-6-7-16-11/h3-5,8H,2,6-7H2,1H3. The first-order valence-electron chi connectivity index (χ1n) is 5.32.